The summed E-state index contributed by atoms with van der Waals surface area (Å²) in [5, 5.41) is -4.41. The fourth-order valence-corrected chi connectivity index (χ4v) is 13.8. The Balaban J connectivity index is 0.000000176. The van der Waals surface area contributed by atoms with E-state index in [-0.39, 0.29) is 32.7 Å². The molecule has 2 aromatic heterocycles. The third kappa shape index (κ3) is 9.20. The van der Waals surface area contributed by atoms with Gasteiger partial charge in [-0.3, -0.25) is 0 Å². The van der Waals surface area contributed by atoms with Crippen LogP contribution in [0.5, 0.6) is 0 Å². The Morgan fingerprint density at radius 2 is 0.637 bits per heavy atom. The van der Waals surface area contributed by atoms with Crippen LogP contribution >= 0.6 is 0 Å². The van der Waals surface area contributed by atoms with Crippen LogP contribution in [-0.2, 0) is 0 Å². The summed E-state index contributed by atoms with van der Waals surface area (Å²) in [5.74, 6) is 0. The van der Waals surface area contributed by atoms with E-state index in [0.29, 0.717) is 27.7 Å². The van der Waals surface area contributed by atoms with Gasteiger partial charge in [-0.25, -0.2) is 0 Å². The zero-order chi connectivity index (χ0) is 106. The van der Waals surface area contributed by atoms with Gasteiger partial charge < -0.3 is 8.83 Å². The van der Waals surface area contributed by atoms with Crippen LogP contribution in [0.3, 0.4) is 0 Å². The van der Waals surface area contributed by atoms with Gasteiger partial charge in [-0.2, -0.15) is 0 Å². The quantitative estimate of drug-likeness (QED) is 0.155. The Bertz CT molecular complexity index is 9960. The first kappa shape index (κ1) is 28.8. The molecule has 0 radical (unpaired) electrons. The lowest BCUT2D eigenvalue weighted by molar-refractivity contribution is 0.669. The summed E-state index contributed by atoms with van der Waals surface area (Å²) in [6.45, 7) is 0. The van der Waals surface area contributed by atoms with Gasteiger partial charge >= 0.3 is 0 Å². The summed E-state index contributed by atoms with van der Waals surface area (Å²) in [4.78, 5) is 0. The molecule has 22 aromatic rings. The molecule has 0 atom stereocenters. The van der Waals surface area contributed by atoms with E-state index >= 15 is 0 Å². The largest absolute Gasteiger partial charge is 0.456 e. The molecular formula is C100H60O2. The first-order valence-electron chi connectivity index (χ1n) is 54.0. The van der Waals surface area contributed by atoms with Crippen molar-refractivity contribution in [3.05, 3.63) is 363 Å². The number of hydrogen-bond acceptors (Lipinski definition) is 2. The highest BCUT2D eigenvalue weighted by molar-refractivity contribution is 6.26. The lowest BCUT2D eigenvalue weighted by Gasteiger charge is -2.20. The van der Waals surface area contributed by atoms with Gasteiger partial charge in [0.15, 0.2) is 0 Å². The molecule has 0 N–H and O–H groups in total. The summed E-state index contributed by atoms with van der Waals surface area (Å²) in [6.07, 6.45) is 0. The van der Waals surface area contributed by atoms with Gasteiger partial charge in [0.2, 0.25) is 0 Å². The highest BCUT2D eigenvalue weighted by Gasteiger charge is 2.24. The van der Waals surface area contributed by atoms with Crippen molar-refractivity contribution in [3.63, 3.8) is 0 Å². The molecule has 472 valence electrons. The van der Waals surface area contributed by atoms with Crippen molar-refractivity contribution in [2.45, 2.75) is 0 Å². The van der Waals surface area contributed by atoms with Crippen LogP contribution in [0.15, 0.2) is 372 Å². The maximum Gasteiger partial charge on any atom is 0.136 e. The second-order valence-corrected chi connectivity index (χ2v) is 23.7. The van der Waals surface area contributed by atoms with Crippen molar-refractivity contribution in [1.82, 2.24) is 0 Å². The van der Waals surface area contributed by atoms with E-state index in [0.717, 1.165) is 32.5 Å². The maximum atomic E-state index is 10.1. The van der Waals surface area contributed by atoms with E-state index in [9.17, 15) is 23.3 Å². The van der Waals surface area contributed by atoms with Crippen LogP contribution in [0.1, 0.15) is 61.7 Å². The van der Waals surface area contributed by atoms with Crippen LogP contribution in [0, 0.1) is 0 Å². The second-order valence-electron chi connectivity index (χ2n) is 23.7. The molecule has 0 bridgehead atoms. The average molecular weight is 1340 g/mol. The van der Waals surface area contributed by atoms with Gasteiger partial charge in [0, 0.05) is 21.5 Å². The van der Waals surface area contributed by atoms with E-state index in [4.69, 9.17) is 47.2 Å². The topological polar surface area (TPSA) is 26.3 Å². The molecule has 0 amide bonds. The third-order valence-corrected chi connectivity index (χ3v) is 18.2. The Kier molecular flexibility index (Phi) is 6.53. The predicted molar refractivity (Wildman–Crippen MR) is 435 cm³/mol. The molecule has 20 aromatic carbocycles. The summed E-state index contributed by atoms with van der Waals surface area (Å²) in [6, 6.07) is -9.78. The van der Waals surface area contributed by atoms with E-state index in [1.54, 1.807) is 12.1 Å². The molecule has 2 heterocycles. The van der Waals surface area contributed by atoms with Gasteiger partial charge in [0.25, 0.3) is 0 Å². The monoisotopic (exact) mass is 1340 g/mol. The fraction of sp³-hybridized carbons (Fsp3) is 0. The summed E-state index contributed by atoms with van der Waals surface area (Å²) in [5.41, 5.74) is -4.39. The Morgan fingerprint density at radius 1 is 0.186 bits per heavy atom. The Hall–Kier alpha value is -13.4. The van der Waals surface area contributed by atoms with Crippen molar-refractivity contribution in [2.24, 2.45) is 0 Å². The van der Waals surface area contributed by atoms with E-state index in [1.165, 1.54) is 0 Å². The van der Waals surface area contributed by atoms with Gasteiger partial charge in [-0.15, -0.1) is 0 Å². The van der Waals surface area contributed by atoms with Crippen molar-refractivity contribution >= 4 is 152 Å². The van der Waals surface area contributed by atoms with Gasteiger partial charge in [0.05, 0.1) is 61.7 Å². The first-order valence-corrected chi connectivity index (χ1v) is 31.5. The van der Waals surface area contributed by atoms with Crippen molar-refractivity contribution in [1.29, 1.82) is 0 Å². The van der Waals surface area contributed by atoms with Crippen LogP contribution in [0.25, 0.3) is 218 Å². The summed E-state index contributed by atoms with van der Waals surface area (Å²) >= 11 is 0. The molecule has 0 aliphatic heterocycles. The summed E-state index contributed by atoms with van der Waals surface area (Å²) in [7, 11) is 0. The molecule has 102 heavy (non-hydrogen) atoms. The second kappa shape index (κ2) is 23.1. The minimum atomic E-state index is -1.09. The number of furan rings is 2. The predicted octanol–water partition coefficient (Wildman–Crippen LogP) is 28.7. The van der Waals surface area contributed by atoms with Crippen LogP contribution in [0.2, 0.25) is 0 Å². The minimum absolute atomic E-state index is 0.0258. The van der Waals surface area contributed by atoms with E-state index in [1.807, 2.05) is 78.9 Å². The molecule has 0 saturated carbocycles. The molecule has 0 unspecified atom stereocenters. The highest BCUT2D eigenvalue weighted by atomic mass is 16.3. The number of hydrogen-bond donors (Lipinski definition) is 0. The van der Waals surface area contributed by atoms with Crippen molar-refractivity contribution < 1.29 is 70.5 Å². The smallest absolute Gasteiger partial charge is 0.136 e. The fourth-order valence-electron chi connectivity index (χ4n) is 13.8. The molecule has 0 aliphatic rings. The highest BCUT2D eigenvalue weighted by Crippen LogP contribution is 2.51. The molecule has 0 fully saturated rings. The van der Waals surface area contributed by atoms with E-state index in [2.05, 4.69) is 0 Å². The summed E-state index contributed by atoms with van der Waals surface area (Å²) < 4.78 is 422. The molecule has 2 heteroatoms. The average Bonchev–Trinajstić information content (AvgIpc) is 1.30. The molecule has 0 aliphatic carbocycles. The van der Waals surface area contributed by atoms with Crippen LogP contribution in [-0.4, -0.2) is 0 Å². The van der Waals surface area contributed by atoms with Gasteiger partial charge in [-0.1, -0.05) is 290 Å². The van der Waals surface area contributed by atoms with Gasteiger partial charge in [-0.05, 0) is 247 Å². The third-order valence-electron chi connectivity index (χ3n) is 18.2. The zero-order valence-corrected chi connectivity index (χ0v) is 52.0. The lowest BCUT2D eigenvalue weighted by Crippen LogP contribution is -1.93. The molecule has 0 spiro atoms. The minimum Gasteiger partial charge on any atom is -0.456 e. The number of rotatable bonds is 6. The lowest BCUT2D eigenvalue weighted by atomic mass is 9.82. The number of fused-ring (bicyclic) bond motifs is 18. The first-order chi connectivity index (χ1) is 69.3. The SMILES string of the molecule is [2H]c1c([2H])c([2H])c2c([2H])c(-c3c4c([2H])c([2H])c([2H])c([2H])c4c(-c4c(-c5c([2H])c([2H])c6c(oc7c([2H])c([2H])c8c([2H])c([2H])c([2H])c([2H])c8c76)c5[2H])c([2H])c5c([2H])c([2H])c([2H])c([2H])c5c4[2H])c4c([2H])c([2H])c([2H])c([2H])c34)c([2H])c([2H])c2c1[2H].[2H]c1c([2H])c([2H])c2c([2H])c(-c3c4c([2H])c([2H])c([2H])c([2H])c4c(-c4cc(-c5ccc6c(c5)oc5ccc7ccccc7c56)c5ccccc5c4)c4c([2H])c([2H])c([2H])c([2H])c34)c([2H])c([2H])c2c1[2H]. The standard InChI is InChI=1S/2C50H30O/c1-2-13-33-27-36(22-21-31(33)11-1)48-40-17-7-9-19-42(40)49(43-20-10-8-18-41(43)48)37-28-34-14-4-5-15-38(34)45(29-37)35-23-25-44-47(30-35)51-46-26-24-32-12-3-6-16-39(32)50(44)46;1-2-13-33-27-37(22-21-31(33)11-1)48-39-17-7-9-19-41(39)49(42-20-10-8-18-40(42)48)45-29-35-15-4-3-14-34(35)28-44(45)36-23-25-43-47(30-36)51-46-26-24-32-12-5-6-16-38(32)50(43)46/h2*1-30H/i1D,2D,7D,8D,9D,10D,11D,13D,17D,18D,19D,20D,21D,22D,27D;1D,2D,3D,4D,5D,6D,7D,8D,9D,10D,11D,12D,13D,14D,15D,16D,17D,18D,19D,20D,21D,22D,23D,24D,25D,26D,27D,28D,29D,30D. The van der Waals surface area contributed by atoms with Gasteiger partial charge in [0.1, 0.15) is 22.3 Å². The molecular weight excluding hydrogens is 1230 g/mol. The Morgan fingerprint density at radius 3 is 1.24 bits per heavy atom. The molecule has 0 saturated heterocycles. The number of benzene rings is 20. The van der Waals surface area contributed by atoms with Crippen LogP contribution < -0.4 is 0 Å². The van der Waals surface area contributed by atoms with Crippen molar-refractivity contribution in [3.8, 4) is 66.8 Å². The zero-order valence-electron chi connectivity index (χ0n) is 97.0. The van der Waals surface area contributed by atoms with E-state index < -0.39 is 397 Å². The molecule has 2 nitrogen and oxygen atoms in total. The molecule has 22 rings (SSSR count). The normalized spacial score (nSPS) is 18.1. The Labute approximate surface area is 650 Å². The van der Waals surface area contributed by atoms with Crippen LogP contribution in [0.4, 0.5) is 0 Å². The van der Waals surface area contributed by atoms with Crippen molar-refractivity contribution in [2.75, 3.05) is 0 Å². The maximum absolute atomic E-state index is 10.1.